The summed E-state index contributed by atoms with van der Waals surface area (Å²) >= 11 is 0. The van der Waals surface area contributed by atoms with Crippen LogP contribution in [-0.2, 0) is 19.6 Å². The molecular formula is C7H16O5S. The second-order valence-corrected chi connectivity index (χ2v) is 4.12. The van der Waals surface area contributed by atoms with Gasteiger partial charge in [0.1, 0.15) is 5.75 Å². The molecule has 80 valence electrons. The lowest BCUT2D eigenvalue weighted by Gasteiger charge is -2.10. The highest BCUT2D eigenvalue weighted by atomic mass is 32.2. The van der Waals surface area contributed by atoms with Crippen LogP contribution in [0.4, 0.5) is 0 Å². The third-order valence-corrected chi connectivity index (χ3v) is 2.17. The van der Waals surface area contributed by atoms with Gasteiger partial charge in [-0.15, -0.1) is 0 Å². The van der Waals surface area contributed by atoms with Crippen LogP contribution in [0.3, 0.4) is 0 Å². The van der Waals surface area contributed by atoms with Gasteiger partial charge in [-0.05, 0) is 13.8 Å². The summed E-state index contributed by atoms with van der Waals surface area (Å²) in [5, 5.41) is 0. The Morgan fingerprint density at radius 3 is 2.46 bits per heavy atom. The first-order valence-electron chi connectivity index (χ1n) is 4.10. The van der Waals surface area contributed by atoms with Crippen LogP contribution in [0.25, 0.3) is 0 Å². The fraction of sp³-hybridized carbons (Fsp3) is 1.00. The summed E-state index contributed by atoms with van der Waals surface area (Å²) in [5.41, 5.74) is 0. The van der Waals surface area contributed by atoms with Crippen LogP contribution < -0.4 is 0 Å². The predicted octanol–water partition coefficient (Wildman–Crippen LogP) is 0.316. The maximum Gasteiger partial charge on any atom is 0.267 e. The molecule has 0 aliphatic carbocycles. The van der Waals surface area contributed by atoms with E-state index in [0.717, 1.165) is 0 Å². The molecule has 0 aliphatic rings. The molecule has 0 aromatic carbocycles. The molecule has 0 amide bonds. The Labute approximate surface area is 78.8 Å². The van der Waals surface area contributed by atoms with Gasteiger partial charge in [0.2, 0.25) is 0 Å². The summed E-state index contributed by atoms with van der Waals surface area (Å²) in [6.07, 6.45) is -0.504. The van der Waals surface area contributed by atoms with Gasteiger partial charge < -0.3 is 9.47 Å². The number of ether oxygens (including phenoxy) is 2. The fourth-order valence-electron chi connectivity index (χ4n) is 0.797. The molecule has 0 aromatic rings. The molecule has 0 aliphatic heterocycles. The molecule has 0 fully saturated rings. The standard InChI is InChI=1S/C7H16O5S/c1-3-11-4-5-12-7(2)6-13(8,9)10/h7H,3-6H2,1-2H3,(H,8,9,10). The molecule has 0 rings (SSSR count). The lowest BCUT2D eigenvalue weighted by Crippen LogP contribution is -2.22. The largest absolute Gasteiger partial charge is 0.379 e. The quantitative estimate of drug-likeness (QED) is 0.486. The first kappa shape index (κ1) is 12.8. The number of rotatable bonds is 7. The molecular weight excluding hydrogens is 196 g/mol. The predicted molar refractivity (Wildman–Crippen MR) is 48.3 cm³/mol. The molecule has 6 heteroatoms. The van der Waals surface area contributed by atoms with Crippen molar-refractivity contribution in [1.29, 1.82) is 0 Å². The van der Waals surface area contributed by atoms with Crippen molar-refractivity contribution in [2.75, 3.05) is 25.6 Å². The summed E-state index contributed by atoms with van der Waals surface area (Å²) < 4.78 is 39.2. The molecule has 1 atom stereocenters. The molecule has 0 saturated carbocycles. The summed E-state index contributed by atoms with van der Waals surface area (Å²) in [5.74, 6) is -0.376. The van der Waals surface area contributed by atoms with Crippen molar-refractivity contribution in [1.82, 2.24) is 0 Å². The van der Waals surface area contributed by atoms with E-state index in [1.54, 1.807) is 6.92 Å². The Morgan fingerprint density at radius 2 is 2.00 bits per heavy atom. The second-order valence-electron chi connectivity index (χ2n) is 2.63. The van der Waals surface area contributed by atoms with E-state index in [1.807, 2.05) is 6.92 Å². The molecule has 1 N–H and O–H groups in total. The van der Waals surface area contributed by atoms with Crippen molar-refractivity contribution in [3.8, 4) is 0 Å². The minimum Gasteiger partial charge on any atom is -0.379 e. The van der Waals surface area contributed by atoms with Crippen molar-refractivity contribution < 1.29 is 22.4 Å². The average molecular weight is 212 g/mol. The molecule has 0 radical (unpaired) electrons. The molecule has 0 spiro atoms. The number of hydrogen-bond acceptors (Lipinski definition) is 4. The van der Waals surface area contributed by atoms with Crippen LogP contribution in [0.15, 0.2) is 0 Å². The smallest absolute Gasteiger partial charge is 0.267 e. The first-order valence-corrected chi connectivity index (χ1v) is 5.71. The van der Waals surface area contributed by atoms with Crippen LogP contribution in [-0.4, -0.2) is 44.6 Å². The van der Waals surface area contributed by atoms with Crippen molar-refractivity contribution in [3.05, 3.63) is 0 Å². The summed E-state index contributed by atoms with van der Waals surface area (Å²) in [7, 11) is -3.93. The van der Waals surface area contributed by atoms with E-state index >= 15 is 0 Å². The Morgan fingerprint density at radius 1 is 1.38 bits per heavy atom. The third-order valence-electron chi connectivity index (χ3n) is 1.28. The lowest BCUT2D eigenvalue weighted by atomic mass is 10.5. The van der Waals surface area contributed by atoms with E-state index in [1.165, 1.54) is 0 Å². The third kappa shape index (κ3) is 9.75. The van der Waals surface area contributed by atoms with E-state index in [9.17, 15) is 8.42 Å². The van der Waals surface area contributed by atoms with E-state index in [4.69, 9.17) is 14.0 Å². The van der Waals surface area contributed by atoms with E-state index in [2.05, 4.69) is 0 Å². The van der Waals surface area contributed by atoms with Crippen molar-refractivity contribution in [3.63, 3.8) is 0 Å². The fourth-order valence-corrected chi connectivity index (χ4v) is 1.49. The maximum atomic E-state index is 10.4. The molecule has 0 bridgehead atoms. The lowest BCUT2D eigenvalue weighted by molar-refractivity contribution is 0.0238. The highest BCUT2D eigenvalue weighted by molar-refractivity contribution is 7.85. The molecule has 13 heavy (non-hydrogen) atoms. The highest BCUT2D eigenvalue weighted by Gasteiger charge is 2.11. The van der Waals surface area contributed by atoms with E-state index in [-0.39, 0.29) is 5.75 Å². The Kier molecular flexibility index (Phi) is 6.23. The van der Waals surface area contributed by atoms with Crippen molar-refractivity contribution in [2.45, 2.75) is 20.0 Å². The Hall–Kier alpha value is -0.170. The molecule has 0 aromatic heterocycles. The summed E-state index contributed by atoms with van der Waals surface area (Å²) in [4.78, 5) is 0. The van der Waals surface area contributed by atoms with Gasteiger partial charge in [0.25, 0.3) is 10.1 Å². The van der Waals surface area contributed by atoms with Crippen molar-refractivity contribution >= 4 is 10.1 Å². The summed E-state index contributed by atoms with van der Waals surface area (Å²) in [6.45, 7) is 4.83. The SMILES string of the molecule is CCOCCOC(C)CS(=O)(=O)O. The topological polar surface area (TPSA) is 72.8 Å². The van der Waals surface area contributed by atoms with Gasteiger partial charge in [-0.3, -0.25) is 4.55 Å². The monoisotopic (exact) mass is 212 g/mol. The van der Waals surface area contributed by atoms with Crippen LogP contribution in [0.2, 0.25) is 0 Å². The van der Waals surface area contributed by atoms with Crippen molar-refractivity contribution in [2.24, 2.45) is 0 Å². The summed E-state index contributed by atoms with van der Waals surface area (Å²) in [6, 6.07) is 0. The van der Waals surface area contributed by atoms with Gasteiger partial charge in [0.05, 0.1) is 19.3 Å². The highest BCUT2D eigenvalue weighted by Crippen LogP contribution is 1.95. The zero-order valence-electron chi connectivity index (χ0n) is 7.89. The van der Waals surface area contributed by atoms with Gasteiger partial charge in [-0.25, -0.2) is 0 Å². The molecule has 0 saturated heterocycles. The molecule has 1 unspecified atom stereocenters. The minimum absolute atomic E-state index is 0.338. The normalized spacial score (nSPS) is 14.4. The molecule has 0 heterocycles. The van der Waals surface area contributed by atoms with E-state index < -0.39 is 16.2 Å². The zero-order valence-corrected chi connectivity index (χ0v) is 8.71. The van der Waals surface area contributed by atoms with Gasteiger partial charge >= 0.3 is 0 Å². The Bertz CT molecular complexity index is 211. The van der Waals surface area contributed by atoms with Gasteiger partial charge in [0.15, 0.2) is 0 Å². The zero-order chi connectivity index (χ0) is 10.3. The van der Waals surface area contributed by atoms with Gasteiger partial charge in [-0.2, -0.15) is 8.42 Å². The Balaban J connectivity index is 3.47. The van der Waals surface area contributed by atoms with Gasteiger partial charge in [0, 0.05) is 6.61 Å². The van der Waals surface area contributed by atoms with Crippen LogP contribution in [0, 0.1) is 0 Å². The molecule has 5 nitrogen and oxygen atoms in total. The maximum absolute atomic E-state index is 10.4. The second kappa shape index (κ2) is 6.31. The minimum atomic E-state index is -3.93. The average Bonchev–Trinajstić information content (AvgIpc) is 1.94. The van der Waals surface area contributed by atoms with Crippen LogP contribution in [0.1, 0.15) is 13.8 Å². The number of hydrogen-bond donors (Lipinski definition) is 1. The first-order chi connectivity index (χ1) is 5.95. The van der Waals surface area contributed by atoms with Gasteiger partial charge in [-0.1, -0.05) is 0 Å². The van der Waals surface area contributed by atoms with E-state index in [0.29, 0.717) is 19.8 Å². The van der Waals surface area contributed by atoms with Crippen LogP contribution in [0.5, 0.6) is 0 Å². The van der Waals surface area contributed by atoms with Crippen LogP contribution >= 0.6 is 0 Å².